The van der Waals surface area contributed by atoms with Gasteiger partial charge in [0.25, 0.3) is 0 Å². The van der Waals surface area contributed by atoms with Crippen LogP contribution in [-0.2, 0) is 14.9 Å². The Balaban J connectivity index is 3.65. The Labute approximate surface area is 128 Å². The van der Waals surface area contributed by atoms with Gasteiger partial charge in [-0.2, -0.15) is 8.42 Å². The minimum atomic E-state index is -4.62. The van der Waals surface area contributed by atoms with E-state index < -0.39 is 21.0 Å². The van der Waals surface area contributed by atoms with Crippen molar-refractivity contribution in [2.45, 2.75) is 77.6 Å². The van der Waals surface area contributed by atoms with E-state index in [-0.39, 0.29) is 0 Å². The summed E-state index contributed by atoms with van der Waals surface area (Å²) in [6.45, 7) is 2.20. The van der Waals surface area contributed by atoms with Gasteiger partial charge in [-0.1, -0.05) is 70.8 Å². The van der Waals surface area contributed by atoms with Gasteiger partial charge in [0.05, 0.1) is 0 Å². The quantitative estimate of drug-likeness (QED) is 0.302. The maximum atomic E-state index is 10.8. The summed E-state index contributed by atoms with van der Waals surface area (Å²) in [6, 6.07) is 0. The van der Waals surface area contributed by atoms with E-state index in [2.05, 4.69) is 6.92 Å². The normalized spacial score (nSPS) is 12.6. The summed E-state index contributed by atoms with van der Waals surface area (Å²) >= 11 is 0. The van der Waals surface area contributed by atoms with E-state index in [4.69, 9.17) is 9.66 Å². The van der Waals surface area contributed by atoms with Crippen LogP contribution in [0.5, 0.6) is 0 Å². The highest BCUT2D eigenvalue weighted by Crippen LogP contribution is 2.13. The summed E-state index contributed by atoms with van der Waals surface area (Å²) in [7, 11) is -4.62. The summed E-state index contributed by atoms with van der Waals surface area (Å²) in [6.07, 6.45) is 13.1. The third-order valence-electron chi connectivity index (χ3n) is 3.38. The van der Waals surface area contributed by atoms with Crippen molar-refractivity contribution in [3.63, 3.8) is 0 Å². The third-order valence-corrected chi connectivity index (χ3v) is 4.27. The number of allylic oxidation sites excluding steroid dienone is 1. The van der Waals surface area contributed by atoms with Crippen LogP contribution in [0.25, 0.3) is 0 Å². The zero-order chi connectivity index (χ0) is 16.1. The lowest BCUT2D eigenvalue weighted by atomic mass is 10.1. The molecule has 0 atom stereocenters. The minimum Gasteiger partial charge on any atom is -0.477 e. The van der Waals surface area contributed by atoms with Crippen LogP contribution in [0.4, 0.5) is 0 Å². The largest absolute Gasteiger partial charge is 0.477 e. The van der Waals surface area contributed by atoms with Crippen molar-refractivity contribution in [1.29, 1.82) is 0 Å². The molecule has 0 aliphatic rings. The van der Waals surface area contributed by atoms with Gasteiger partial charge in [0.15, 0.2) is 4.91 Å². The molecule has 0 unspecified atom stereocenters. The lowest BCUT2D eigenvalue weighted by molar-refractivity contribution is -0.131. The van der Waals surface area contributed by atoms with Crippen molar-refractivity contribution < 1.29 is 22.9 Å². The minimum absolute atomic E-state index is 0.359. The first-order valence-corrected chi connectivity index (χ1v) is 9.24. The van der Waals surface area contributed by atoms with Gasteiger partial charge in [-0.3, -0.25) is 4.55 Å². The number of carboxylic acid groups (broad SMARTS) is 1. The molecule has 0 aliphatic carbocycles. The molecule has 124 valence electrons. The second-order valence-corrected chi connectivity index (χ2v) is 6.71. The van der Waals surface area contributed by atoms with Gasteiger partial charge in [0.2, 0.25) is 0 Å². The van der Waals surface area contributed by atoms with Gasteiger partial charge in [-0.05, 0) is 12.8 Å². The van der Waals surface area contributed by atoms with E-state index >= 15 is 0 Å². The Morgan fingerprint density at radius 1 is 0.905 bits per heavy atom. The molecule has 0 radical (unpaired) electrons. The summed E-state index contributed by atoms with van der Waals surface area (Å²) in [5, 5.41) is 8.66. The Hall–Kier alpha value is -0.880. The Morgan fingerprint density at radius 3 is 1.71 bits per heavy atom. The van der Waals surface area contributed by atoms with Gasteiger partial charge in [-0.25, -0.2) is 4.79 Å². The molecular weight excluding hydrogens is 292 g/mol. The number of carboxylic acids is 1. The molecule has 0 heterocycles. The number of rotatable bonds is 13. The van der Waals surface area contributed by atoms with E-state index in [1.165, 1.54) is 44.9 Å². The average Bonchev–Trinajstić information content (AvgIpc) is 2.38. The summed E-state index contributed by atoms with van der Waals surface area (Å²) < 4.78 is 30.3. The van der Waals surface area contributed by atoms with E-state index in [1.54, 1.807) is 0 Å². The zero-order valence-corrected chi connectivity index (χ0v) is 13.7. The highest BCUT2D eigenvalue weighted by Gasteiger charge is 2.20. The van der Waals surface area contributed by atoms with Crippen LogP contribution in [0, 0.1) is 0 Å². The number of unbranched alkanes of at least 4 members (excludes halogenated alkanes) is 10. The first kappa shape index (κ1) is 20.1. The predicted octanol–water partition coefficient (Wildman–Crippen LogP) is 4.15. The van der Waals surface area contributed by atoms with Crippen molar-refractivity contribution in [3.05, 3.63) is 11.0 Å². The fourth-order valence-electron chi connectivity index (χ4n) is 2.17. The standard InChI is InChI=1S/C15H28O5S/c1-2-3-4-5-6-7-8-9-10-11-12-13-14(15(16)17)21(18,19)20/h13H,2-12H2,1H3,(H,16,17)(H,18,19,20). The van der Waals surface area contributed by atoms with Crippen molar-refractivity contribution in [1.82, 2.24) is 0 Å². The van der Waals surface area contributed by atoms with Crippen molar-refractivity contribution in [3.8, 4) is 0 Å². The number of aliphatic carboxylic acids is 1. The molecule has 0 aromatic carbocycles. The molecule has 0 aromatic rings. The third kappa shape index (κ3) is 11.5. The molecule has 21 heavy (non-hydrogen) atoms. The van der Waals surface area contributed by atoms with Gasteiger partial charge in [0, 0.05) is 0 Å². The van der Waals surface area contributed by atoms with E-state index in [9.17, 15) is 13.2 Å². The monoisotopic (exact) mass is 320 g/mol. The van der Waals surface area contributed by atoms with Crippen LogP contribution in [0.15, 0.2) is 11.0 Å². The summed E-state index contributed by atoms with van der Waals surface area (Å²) in [5.74, 6) is -1.61. The van der Waals surface area contributed by atoms with Crippen LogP contribution in [0.2, 0.25) is 0 Å². The van der Waals surface area contributed by atoms with Gasteiger partial charge >= 0.3 is 16.1 Å². The molecule has 0 saturated carbocycles. The van der Waals surface area contributed by atoms with Crippen molar-refractivity contribution >= 4 is 16.1 Å². The molecule has 0 fully saturated rings. The smallest absolute Gasteiger partial charge is 0.349 e. The maximum Gasteiger partial charge on any atom is 0.349 e. The molecule has 0 saturated heterocycles. The highest BCUT2D eigenvalue weighted by molar-refractivity contribution is 7.90. The van der Waals surface area contributed by atoms with Crippen LogP contribution >= 0.6 is 0 Å². The second kappa shape index (κ2) is 11.7. The lowest BCUT2D eigenvalue weighted by Gasteiger charge is -2.02. The second-order valence-electron chi connectivity index (χ2n) is 5.32. The van der Waals surface area contributed by atoms with Gasteiger partial charge in [0.1, 0.15) is 0 Å². The Morgan fingerprint density at radius 2 is 1.33 bits per heavy atom. The number of hydrogen-bond acceptors (Lipinski definition) is 3. The molecule has 0 bridgehead atoms. The van der Waals surface area contributed by atoms with E-state index in [1.807, 2.05) is 0 Å². The van der Waals surface area contributed by atoms with Crippen LogP contribution < -0.4 is 0 Å². The molecular formula is C15H28O5S. The molecule has 0 aromatic heterocycles. The van der Waals surface area contributed by atoms with Crippen LogP contribution in [0.1, 0.15) is 77.6 Å². The first-order valence-electron chi connectivity index (χ1n) is 7.80. The molecule has 6 heteroatoms. The number of hydrogen-bond donors (Lipinski definition) is 2. The van der Waals surface area contributed by atoms with Crippen LogP contribution in [-0.4, -0.2) is 24.0 Å². The highest BCUT2D eigenvalue weighted by atomic mass is 32.2. The molecule has 2 N–H and O–H groups in total. The van der Waals surface area contributed by atoms with E-state index in [0.717, 1.165) is 25.3 Å². The fraction of sp³-hybridized carbons (Fsp3) is 0.800. The maximum absolute atomic E-state index is 10.8. The van der Waals surface area contributed by atoms with Gasteiger partial charge in [-0.15, -0.1) is 0 Å². The fourth-order valence-corrected chi connectivity index (χ4v) is 2.72. The van der Waals surface area contributed by atoms with Crippen molar-refractivity contribution in [2.24, 2.45) is 0 Å². The van der Waals surface area contributed by atoms with Gasteiger partial charge < -0.3 is 5.11 Å². The molecule has 0 aliphatic heterocycles. The Bertz CT molecular complexity index is 412. The molecule has 0 amide bonds. The van der Waals surface area contributed by atoms with E-state index in [0.29, 0.717) is 6.42 Å². The first-order chi connectivity index (χ1) is 9.89. The lowest BCUT2D eigenvalue weighted by Crippen LogP contribution is -2.11. The summed E-state index contributed by atoms with van der Waals surface area (Å²) in [4.78, 5) is 9.73. The average molecular weight is 320 g/mol. The SMILES string of the molecule is CCCCCCCCCCCCC=C(C(=O)O)S(=O)(=O)O. The molecule has 5 nitrogen and oxygen atoms in total. The van der Waals surface area contributed by atoms with Crippen molar-refractivity contribution in [2.75, 3.05) is 0 Å². The van der Waals surface area contributed by atoms with Crippen LogP contribution in [0.3, 0.4) is 0 Å². The number of carbonyl (C=O) groups is 1. The predicted molar refractivity (Wildman–Crippen MR) is 83.7 cm³/mol. The summed E-state index contributed by atoms with van der Waals surface area (Å²) in [5.41, 5.74) is 0. The molecule has 0 rings (SSSR count). The topological polar surface area (TPSA) is 91.7 Å². The zero-order valence-electron chi connectivity index (χ0n) is 12.9. The Kier molecular flexibility index (Phi) is 11.3. The molecule has 0 spiro atoms.